The van der Waals surface area contributed by atoms with Crippen LogP contribution >= 0.6 is 0 Å². The van der Waals surface area contributed by atoms with Gasteiger partial charge in [-0.2, -0.15) is 5.10 Å². The van der Waals surface area contributed by atoms with Crippen LogP contribution in [0.4, 0.5) is 0 Å². The van der Waals surface area contributed by atoms with E-state index < -0.39 is 0 Å². The average molecular weight is 221 g/mol. The fraction of sp³-hybridized carbons (Fsp3) is 0.769. The Hall–Kier alpha value is -0.830. The van der Waals surface area contributed by atoms with Gasteiger partial charge in [0, 0.05) is 37.9 Å². The first-order valence-electron chi connectivity index (χ1n) is 6.30. The number of nitrogens with one attached hydrogen (secondary N) is 1. The van der Waals surface area contributed by atoms with Crippen LogP contribution in [0.3, 0.4) is 0 Å². The van der Waals surface area contributed by atoms with Gasteiger partial charge in [-0.25, -0.2) is 0 Å². The van der Waals surface area contributed by atoms with Crippen LogP contribution in [0.15, 0.2) is 12.3 Å². The molecule has 0 amide bonds. The van der Waals surface area contributed by atoms with E-state index >= 15 is 0 Å². The van der Waals surface area contributed by atoms with Gasteiger partial charge in [-0.3, -0.25) is 4.68 Å². The van der Waals surface area contributed by atoms with Gasteiger partial charge in [0.2, 0.25) is 0 Å². The molecule has 0 bridgehead atoms. The maximum absolute atomic E-state index is 4.18. The summed E-state index contributed by atoms with van der Waals surface area (Å²) in [5, 5.41) is 7.88. The molecular formula is C13H23N3. The second kappa shape index (κ2) is 4.58. The van der Waals surface area contributed by atoms with E-state index in [1.54, 1.807) is 0 Å². The lowest BCUT2D eigenvalue weighted by molar-refractivity contribution is 0.285. The molecule has 90 valence electrons. The standard InChI is InChI=1S/C13H23N3/c1-13(2)8-4-5-12(13)14-9-6-11-7-10-15-16(11)3/h7,10,12,14H,4-6,8-9H2,1-3H3. The van der Waals surface area contributed by atoms with Gasteiger partial charge in [-0.1, -0.05) is 20.3 Å². The topological polar surface area (TPSA) is 29.9 Å². The molecule has 1 atom stereocenters. The predicted octanol–water partition coefficient (Wildman–Crippen LogP) is 2.13. The summed E-state index contributed by atoms with van der Waals surface area (Å²) >= 11 is 0. The molecule has 0 spiro atoms. The number of aryl methyl sites for hydroxylation is 1. The molecule has 1 aliphatic carbocycles. The minimum absolute atomic E-state index is 0.479. The Morgan fingerprint density at radius 2 is 2.38 bits per heavy atom. The number of nitrogens with zero attached hydrogens (tertiary/aromatic N) is 2. The second-order valence-corrected chi connectivity index (χ2v) is 5.58. The molecule has 2 rings (SSSR count). The van der Waals surface area contributed by atoms with Crippen molar-refractivity contribution in [2.24, 2.45) is 12.5 Å². The monoisotopic (exact) mass is 221 g/mol. The number of hydrogen-bond acceptors (Lipinski definition) is 2. The lowest BCUT2D eigenvalue weighted by atomic mass is 9.87. The quantitative estimate of drug-likeness (QED) is 0.844. The van der Waals surface area contributed by atoms with E-state index in [9.17, 15) is 0 Å². The van der Waals surface area contributed by atoms with E-state index in [1.807, 2.05) is 17.9 Å². The van der Waals surface area contributed by atoms with Gasteiger partial charge in [-0.05, 0) is 24.3 Å². The van der Waals surface area contributed by atoms with Crippen LogP contribution in [0.1, 0.15) is 38.8 Å². The van der Waals surface area contributed by atoms with Gasteiger partial charge in [0.15, 0.2) is 0 Å². The van der Waals surface area contributed by atoms with Gasteiger partial charge < -0.3 is 5.32 Å². The molecule has 1 unspecified atom stereocenters. The zero-order chi connectivity index (χ0) is 11.6. The van der Waals surface area contributed by atoms with Crippen LogP contribution in [0.2, 0.25) is 0 Å². The third kappa shape index (κ3) is 2.46. The molecule has 3 heteroatoms. The second-order valence-electron chi connectivity index (χ2n) is 5.58. The van der Waals surface area contributed by atoms with Crippen molar-refractivity contribution in [3.63, 3.8) is 0 Å². The van der Waals surface area contributed by atoms with Crippen molar-refractivity contribution in [2.75, 3.05) is 6.54 Å². The van der Waals surface area contributed by atoms with E-state index in [1.165, 1.54) is 25.0 Å². The van der Waals surface area contributed by atoms with Crippen molar-refractivity contribution in [1.82, 2.24) is 15.1 Å². The zero-order valence-corrected chi connectivity index (χ0v) is 10.7. The highest BCUT2D eigenvalue weighted by atomic mass is 15.3. The third-order valence-electron chi connectivity index (χ3n) is 3.95. The summed E-state index contributed by atoms with van der Waals surface area (Å²) < 4.78 is 1.96. The molecule has 16 heavy (non-hydrogen) atoms. The lowest BCUT2D eigenvalue weighted by Crippen LogP contribution is -2.38. The Morgan fingerprint density at radius 1 is 1.56 bits per heavy atom. The third-order valence-corrected chi connectivity index (χ3v) is 3.95. The Kier molecular flexibility index (Phi) is 3.33. The Labute approximate surface area is 98.2 Å². The van der Waals surface area contributed by atoms with E-state index in [2.05, 4.69) is 30.3 Å². The van der Waals surface area contributed by atoms with Crippen molar-refractivity contribution < 1.29 is 0 Å². The van der Waals surface area contributed by atoms with Gasteiger partial charge in [0.1, 0.15) is 0 Å². The van der Waals surface area contributed by atoms with Gasteiger partial charge >= 0.3 is 0 Å². The first-order chi connectivity index (χ1) is 7.59. The Bertz CT molecular complexity index is 341. The van der Waals surface area contributed by atoms with Crippen LogP contribution in [-0.4, -0.2) is 22.4 Å². The lowest BCUT2D eigenvalue weighted by Gasteiger charge is -2.28. The van der Waals surface area contributed by atoms with E-state index in [0.717, 1.165) is 13.0 Å². The molecule has 0 radical (unpaired) electrons. The smallest absolute Gasteiger partial charge is 0.0492 e. The summed E-state index contributed by atoms with van der Waals surface area (Å²) in [5.41, 5.74) is 1.79. The molecule has 1 aliphatic rings. The highest BCUT2D eigenvalue weighted by Crippen LogP contribution is 2.36. The minimum Gasteiger partial charge on any atom is -0.313 e. The van der Waals surface area contributed by atoms with Crippen LogP contribution in [0.5, 0.6) is 0 Å². The van der Waals surface area contributed by atoms with E-state index in [-0.39, 0.29) is 0 Å². The summed E-state index contributed by atoms with van der Waals surface area (Å²) in [4.78, 5) is 0. The Morgan fingerprint density at radius 3 is 2.94 bits per heavy atom. The molecule has 3 nitrogen and oxygen atoms in total. The summed E-state index contributed by atoms with van der Waals surface area (Å²) in [7, 11) is 2.01. The van der Waals surface area contributed by atoms with Crippen LogP contribution in [0.25, 0.3) is 0 Å². The van der Waals surface area contributed by atoms with Gasteiger partial charge in [0.25, 0.3) is 0 Å². The maximum atomic E-state index is 4.18. The van der Waals surface area contributed by atoms with Crippen LogP contribution in [0, 0.1) is 5.41 Å². The molecule has 1 aromatic rings. The molecular weight excluding hydrogens is 198 g/mol. The maximum Gasteiger partial charge on any atom is 0.0492 e. The van der Waals surface area contributed by atoms with Gasteiger partial charge in [-0.15, -0.1) is 0 Å². The zero-order valence-electron chi connectivity index (χ0n) is 10.7. The largest absolute Gasteiger partial charge is 0.313 e. The fourth-order valence-corrected chi connectivity index (χ4v) is 2.73. The fourth-order valence-electron chi connectivity index (χ4n) is 2.73. The first-order valence-corrected chi connectivity index (χ1v) is 6.30. The molecule has 1 aromatic heterocycles. The summed E-state index contributed by atoms with van der Waals surface area (Å²) in [5.74, 6) is 0. The highest BCUT2D eigenvalue weighted by Gasteiger charge is 2.33. The van der Waals surface area contributed by atoms with Crippen LogP contribution in [-0.2, 0) is 13.5 Å². The van der Waals surface area contributed by atoms with E-state index in [0.29, 0.717) is 11.5 Å². The summed E-state index contributed by atoms with van der Waals surface area (Å²) in [6.07, 6.45) is 7.00. The van der Waals surface area contributed by atoms with Crippen molar-refractivity contribution >= 4 is 0 Å². The van der Waals surface area contributed by atoms with Crippen molar-refractivity contribution in [3.05, 3.63) is 18.0 Å². The molecule has 1 N–H and O–H groups in total. The molecule has 1 heterocycles. The number of rotatable bonds is 4. The SMILES string of the molecule is Cn1nccc1CCNC1CCCC1(C)C. The summed E-state index contributed by atoms with van der Waals surface area (Å²) in [6, 6.07) is 2.79. The molecule has 1 fully saturated rings. The van der Waals surface area contributed by atoms with Crippen molar-refractivity contribution in [3.8, 4) is 0 Å². The van der Waals surface area contributed by atoms with E-state index in [4.69, 9.17) is 0 Å². The van der Waals surface area contributed by atoms with Crippen LogP contribution < -0.4 is 5.32 Å². The van der Waals surface area contributed by atoms with Crippen molar-refractivity contribution in [1.29, 1.82) is 0 Å². The highest BCUT2D eigenvalue weighted by molar-refractivity contribution is 5.01. The first kappa shape index (κ1) is 11.6. The molecule has 0 saturated heterocycles. The Balaban J connectivity index is 1.78. The number of aromatic nitrogens is 2. The minimum atomic E-state index is 0.479. The molecule has 0 aromatic carbocycles. The normalized spacial score (nSPS) is 23.8. The predicted molar refractivity (Wildman–Crippen MR) is 66.3 cm³/mol. The molecule has 1 saturated carbocycles. The molecule has 0 aliphatic heterocycles. The summed E-state index contributed by atoms with van der Waals surface area (Å²) in [6.45, 7) is 5.82. The van der Waals surface area contributed by atoms with Crippen molar-refractivity contribution in [2.45, 2.75) is 45.6 Å². The van der Waals surface area contributed by atoms with Gasteiger partial charge in [0.05, 0.1) is 0 Å². The average Bonchev–Trinajstić information content (AvgIpc) is 2.75. The number of hydrogen-bond donors (Lipinski definition) is 1.